The van der Waals surface area contributed by atoms with Gasteiger partial charge in [0.25, 0.3) is 0 Å². The number of ether oxygens (including phenoxy) is 1. The highest BCUT2D eigenvalue weighted by Crippen LogP contribution is 2.26. The van der Waals surface area contributed by atoms with Gasteiger partial charge in [-0.2, -0.15) is 4.98 Å². The molecule has 2 N–H and O–H groups in total. The van der Waals surface area contributed by atoms with Crippen LogP contribution in [0.25, 0.3) is 0 Å². The molecular formula is C15H17ClN4O2. The molecule has 0 spiro atoms. The number of carbonyl (C=O) groups is 1. The molecule has 0 amide bonds. The number of methoxy groups -OCH3 is 1. The van der Waals surface area contributed by atoms with Gasteiger partial charge in [-0.25, -0.2) is 9.78 Å². The lowest BCUT2D eigenvalue weighted by Gasteiger charge is -2.11. The van der Waals surface area contributed by atoms with E-state index in [0.717, 1.165) is 0 Å². The zero-order valence-electron chi connectivity index (χ0n) is 12.6. The third-order valence-electron chi connectivity index (χ3n) is 2.72. The average Bonchev–Trinajstić information content (AvgIpc) is 2.48. The summed E-state index contributed by atoms with van der Waals surface area (Å²) in [6, 6.07) is 6.79. The number of hydrogen-bond donors (Lipinski definition) is 2. The predicted molar refractivity (Wildman–Crippen MR) is 86.9 cm³/mol. The summed E-state index contributed by atoms with van der Waals surface area (Å²) in [5.74, 6) is 0.659. The second kappa shape index (κ2) is 7.09. The number of carbonyl (C=O) groups excluding carboxylic acids is 1. The lowest BCUT2D eigenvalue weighted by atomic mass is 10.2. The fourth-order valence-corrected chi connectivity index (χ4v) is 1.92. The molecule has 0 bridgehead atoms. The Bertz CT molecular complexity index is 676. The van der Waals surface area contributed by atoms with Gasteiger partial charge in [0.2, 0.25) is 5.95 Å². The third-order valence-corrected chi connectivity index (χ3v) is 3.05. The Morgan fingerprint density at radius 3 is 2.77 bits per heavy atom. The van der Waals surface area contributed by atoms with Crippen LogP contribution in [0.15, 0.2) is 30.5 Å². The first-order chi connectivity index (χ1) is 10.5. The Morgan fingerprint density at radius 1 is 1.32 bits per heavy atom. The Morgan fingerprint density at radius 2 is 2.09 bits per heavy atom. The van der Waals surface area contributed by atoms with Crippen LogP contribution in [0.2, 0.25) is 5.02 Å². The van der Waals surface area contributed by atoms with Crippen molar-refractivity contribution in [2.24, 2.45) is 0 Å². The van der Waals surface area contributed by atoms with Gasteiger partial charge in [-0.05, 0) is 38.1 Å². The van der Waals surface area contributed by atoms with Gasteiger partial charge in [-0.15, -0.1) is 0 Å². The number of anilines is 3. The minimum absolute atomic E-state index is 0.224. The molecule has 6 nitrogen and oxygen atoms in total. The standard InChI is InChI=1S/C15H17ClN4O2/c1-9(2)18-15-17-7-6-13(20-15)19-12-8-10(14(21)22-3)4-5-11(12)16/h4-9H,1-3H3,(H2,17,18,19,20). The number of hydrogen-bond acceptors (Lipinski definition) is 6. The maximum absolute atomic E-state index is 11.6. The minimum atomic E-state index is -0.426. The molecule has 0 fully saturated rings. The molecule has 116 valence electrons. The van der Waals surface area contributed by atoms with Crippen LogP contribution in [0.3, 0.4) is 0 Å². The quantitative estimate of drug-likeness (QED) is 0.821. The predicted octanol–water partition coefficient (Wildman–Crippen LogP) is 3.48. The monoisotopic (exact) mass is 320 g/mol. The number of esters is 1. The first-order valence-electron chi connectivity index (χ1n) is 6.74. The van der Waals surface area contributed by atoms with Crippen LogP contribution in [0.5, 0.6) is 0 Å². The van der Waals surface area contributed by atoms with E-state index in [0.29, 0.717) is 28.0 Å². The van der Waals surface area contributed by atoms with Crippen molar-refractivity contribution in [3.63, 3.8) is 0 Å². The van der Waals surface area contributed by atoms with Gasteiger partial charge in [0.1, 0.15) is 5.82 Å². The van der Waals surface area contributed by atoms with Crippen LogP contribution < -0.4 is 10.6 Å². The van der Waals surface area contributed by atoms with E-state index in [9.17, 15) is 4.79 Å². The van der Waals surface area contributed by atoms with Crippen molar-refractivity contribution in [1.82, 2.24) is 9.97 Å². The van der Waals surface area contributed by atoms with Crippen molar-refractivity contribution in [2.45, 2.75) is 19.9 Å². The van der Waals surface area contributed by atoms with Crippen molar-refractivity contribution in [2.75, 3.05) is 17.7 Å². The number of halogens is 1. The van der Waals surface area contributed by atoms with Crippen LogP contribution in [-0.4, -0.2) is 29.1 Å². The van der Waals surface area contributed by atoms with Gasteiger partial charge in [-0.1, -0.05) is 11.6 Å². The average molecular weight is 321 g/mol. The molecule has 0 atom stereocenters. The normalized spacial score (nSPS) is 10.4. The van der Waals surface area contributed by atoms with Crippen LogP contribution in [0.1, 0.15) is 24.2 Å². The first-order valence-corrected chi connectivity index (χ1v) is 7.12. The summed E-state index contributed by atoms with van der Waals surface area (Å²) in [6.45, 7) is 4.00. The molecular weight excluding hydrogens is 304 g/mol. The number of nitrogens with one attached hydrogen (secondary N) is 2. The van der Waals surface area contributed by atoms with E-state index in [1.54, 1.807) is 30.5 Å². The van der Waals surface area contributed by atoms with Crippen LogP contribution >= 0.6 is 11.6 Å². The fourth-order valence-electron chi connectivity index (χ4n) is 1.76. The van der Waals surface area contributed by atoms with Crippen molar-refractivity contribution >= 4 is 35.0 Å². The highest BCUT2D eigenvalue weighted by atomic mass is 35.5. The lowest BCUT2D eigenvalue weighted by molar-refractivity contribution is 0.0601. The van der Waals surface area contributed by atoms with Crippen molar-refractivity contribution < 1.29 is 9.53 Å². The zero-order chi connectivity index (χ0) is 16.1. The van der Waals surface area contributed by atoms with Crippen LogP contribution in [0.4, 0.5) is 17.5 Å². The SMILES string of the molecule is COC(=O)c1ccc(Cl)c(Nc2ccnc(NC(C)C)n2)c1. The highest BCUT2D eigenvalue weighted by Gasteiger charge is 2.10. The van der Waals surface area contributed by atoms with E-state index in [1.165, 1.54) is 7.11 Å². The molecule has 7 heteroatoms. The van der Waals surface area contributed by atoms with E-state index >= 15 is 0 Å². The molecule has 0 radical (unpaired) electrons. The Hall–Kier alpha value is -2.34. The van der Waals surface area contributed by atoms with Gasteiger partial charge >= 0.3 is 5.97 Å². The summed E-state index contributed by atoms with van der Waals surface area (Å²) in [5, 5.41) is 6.67. The second-order valence-corrected chi connectivity index (χ2v) is 5.28. The lowest BCUT2D eigenvalue weighted by Crippen LogP contribution is -2.12. The highest BCUT2D eigenvalue weighted by molar-refractivity contribution is 6.33. The first kappa shape index (κ1) is 16.0. The summed E-state index contributed by atoms with van der Waals surface area (Å²) < 4.78 is 4.70. The van der Waals surface area contributed by atoms with Crippen molar-refractivity contribution in [3.8, 4) is 0 Å². The van der Waals surface area contributed by atoms with E-state index < -0.39 is 5.97 Å². The molecule has 1 aromatic carbocycles. The molecule has 0 aliphatic heterocycles. The van der Waals surface area contributed by atoms with E-state index in [2.05, 4.69) is 20.6 Å². The smallest absolute Gasteiger partial charge is 0.337 e. The minimum Gasteiger partial charge on any atom is -0.465 e. The molecule has 2 rings (SSSR count). The largest absolute Gasteiger partial charge is 0.465 e. The molecule has 0 unspecified atom stereocenters. The fraction of sp³-hybridized carbons (Fsp3) is 0.267. The summed E-state index contributed by atoms with van der Waals surface area (Å²) >= 11 is 6.14. The zero-order valence-corrected chi connectivity index (χ0v) is 13.3. The molecule has 0 saturated carbocycles. The van der Waals surface area contributed by atoms with Crippen molar-refractivity contribution in [3.05, 3.63) is 41.0 Å². The summed E-state index contributed by atoms with van der Waals surface area (Å²) in [6.07, 6.45) is 1.64. The molecule has 0 aliphatic carbocycles. The number of aromatic nitrogens is 2. The molecule has 2 aromatic rings. The molecule has 1 aromatic heterocycles. The third kappa shape index (κ3) is 4.08. The summed E-state index contributed by atoms with van der Waals surface area (Å²) in [4.78, 5) is 20.0. The van der Waals surface area contributed by atoms with Gasteiger partial charge in [0.15, 0.2) is 0 Å². The summed E-state index contributed by atoms with van der Waals surface area (Å²) in [5.41, 5.74) is 0.975. The van der Waals surface area contributed by atoms with Crippen LogP contribution in [-0.2, 0) is 4.74 Å². The van der Waals surface area contributed by atoms with E-state index in [4.69, 9.17) is 16.3 Å². The second-order valence-electron chi connectivity index (χ2n) is 4.88. The van der Waals surface area contributed by atoms with E-state index in [1.807, 2.05) is 13.8 Å². The summed E-state index contributed by atoms with van der Waals surface area (Å²) in [7, 11) is 1.33. The number of benzene rings is 1. The Kier molecular flexibility index (Phi) is 5.16. The Balaban J connectivity index is 2.25. The molecule has 0 saturated heterocycles. The topological polar surface area (TPSA) is 76.1 Å². The molecule has 22 heavy (non-hydrogen) atoms. The molecule has 0 aliphatic rings. The maximum Gasteiger partial charge on any atom is 0.337 e. The Labute approximate surface area is 133 Å². The van der Waals surface area contributed by atoms with Gasteiger partial charge in [0, 0.05) is 12.2 Å². The van der Waals surface area contributed by atoms with Gasteiger partial charge in [0.05, 0.1) is 23.4 Å². The van der Waals surface area contributed by atoms with Crippen molar-refractivity contribution in [1.29, 1.82) is 0 Å². The molecule has 1 heterocycles. The number of rotatable bonds is 5. The van der Waals surface area contributed by atoms with E-state index in [-0.39, 0.29) is 6.04 Å². The van der Waals surface area contributed by atoms with Crippen LogP contribution in [0, 0.1) is 0 Å². The number of nitrogens with zero attached hydrogens (tertiary/aromatic N) is 2. The maximum atomic E-state index is 11.6. The van der Waals surface area contributed by atoms with Gasteiger partial charge < -0.3 is 15.4 Å². The van der Waals surface area contributed by atoms with Gasteiger partial charge in [-0.3, -0.25) is 0 Å².